The standard InChI is InChI=1S/C14H18FNO2/c1-3-5-13(18-4-2)16-14(17)12-8-6-11(10-15)7-9-12/h6-9H,3-5,10H2,1-2H3. The van der Waals surface area contributed by atoms with E-state index in [0.717, 1.165) is 6.42 Å². The second-order valence-electron chi connectivity index (χ2n) is 3.82. The molecule has 0 spiro atoms. The van der Waals surface area contributed by atoms with E-state index in [2.05, 4.69) is 4.99 Å². The van der Waals surface area contributed by atoms with Gasteiger partial charge in [-0.05, 0) is 31.0 Å². The van der Waals surface area contributed by atoms with Crippen LogP contribution in [0, 0.1) is 0 Å². The van der Waals surface area contributed by atoms with Gasteiger partial charge >= 0.3 is 0 Å². The van der Waals surface area contributed by atoms with E-state index < -0.39 is 6.67 Å². The highest BCUT2D eigenvalue weighted by Crippen LogP contribution is 2.08. The van der Waals surface area contributed by atoms with Crippen molar-refractivity contribution in [3.63, 3.8) is 0 Å². The lowest BCUT2D eigenvalue weighted by molar-refractivity contribution is 0.0998. The first-order valence-corrected chi connectivity index (χ1v) is 6.10. The molecule has 0 saturated carbocycles. The molecule has 0 aliphatic heterocycles. The number of amides is 1. The molecule has 0 aromatic heterocycles. The summed E-state index contributed by atoms with van der Waals surface area (Å²) >= 11 is 0. The highest BCUT2D eigenvalue weighted by Gasteiger charge is 2.07. The normalized spacial score (nSPS) is 11.4. The summed E-state index contributed by atoms with van der Waals surface area (Å²) in [5.41, 5.74) is 0.995. The molecule has 0 aliphatic rings. The quantitative estimate of drug-likeness (QED) is 0.593. The molecule has 0 aliphatic carbocycles. The predicted molar refractivity (Wildman–Crippen MR) is 69.6 cm³/mol. The van der Waals surface area contributed by atoms with Gasteiger partial charge in [-0.3, -0.25) is 4.79 Å². The number of nitrogens with zero attached hydrogens (tertiary/aromatic N) is 1. The van der Waals surface area contributed by atoms with E-state index in [1.165, 1.54) is 0 Å². The van der Waals surface area contributed by atoms with Crippen LogP contribution in [0.3, 0.4) is 0 Å². The summed E-state index contributed by atoms with van der Waals surface area (Å²) in [5, 5.41) is 0. The van der Waals surface area contributed by atoms with Crippen LogP contribution >= 0.6 is 0 Å². The molecule has 0 heterocycles. The minimum absolute atomic E-state index is 0.350. The van der Waals surface area contributed by atoms with Crippen LogP contribution < -0.4 is 0 Å². The van der Waals surface area contributed by atoms with Gasteiger partial charge in [-0.1, -0.05) is 19.1 Å². The maximum atomic E-state index is 12.3. The molecule has 1 amide bonds. The second-order valence-corrected chi connectivity index (χ2v) is 3.82. The Morgan fingerprint density at radius 3 is 2.44 bits per heavy atom. The second kappa shape index (κ2) is 7.58. The Balaban J connectivity index is 2.80. The molecular weight excluding hydrogens is 233 g/mol. The Labute approximate surface area is 107 Å². The van der Waals surface area contributed by atoms with Crippen LogP contribution in [-0.4, -0.2) is 18.4 Å². The third-order valence-electron chi connectivity index (χ3n) is 2.36. The lowest BCUT2D eigenvalue weighted by Crippen LogP contribution is -2.08. The Hall–Kier alpha value is -1.71. The molecule has 0 N–H and O–H groups in total. The fraction of sp³-hybridized carbons (Fsp3) is 0.429. The van der Waals surface area contributed by atoms with E-state index in [9.17, 15) is 9.18 Å². The number of hydrogen-bond donors (Lipinski definition) is 0. The van der Waals surface area contributed by atoms with Crippen LogP contribution in [0.4, 0.5) is 4.39 Å². The number of benzene rings is 1. The zero-order chi connectivity index (χ0) is 13.4. The fourth-order valence-corrected chi connectivity index (χ4v) is 1.46. The number of carbonyl (C=O) groups excluding carboxylic acids is 1. The Morgan fingerprint density at radius 1 is 1.28 bits per heavy atom. The van der Waals surface area contributed by atoms with Crippen LogP contribution in [0.1, 0.15) is 42.6 Å². The SMILES string of the molecule is CCCC(=NC(=O)c1ccc(CF)cc1)OCC. The molecule has 1 rings (SSSR count). The zero-order valence-electron chi connectivity index (χ0n) is 10.8. The third-order valence-corrected chi connectivity index (χ3v) is 2.36. The monoisotopic (exact) mass is 251 g/mol. The maximum Gasteiger partial charge on any atom is 0.279 e. The van der Waals surface area contributed by atoms with Gasteiger partial charge in [0.15, 0.2) is 5.90 Å². The highest BCUT2D eigenvalue weighted by atomic mass is 19.1. The predicted octanol–water partition coefficient (Wildman–Crippen LogP) is 3.53. The topological polar surface area (TPSA) is 38.7 Å². The van der Waals surface area contributed by atoms with Gasteiger partial charge in [-0.2, -0.15) is 4.99 Å². The van der Waals surface area contributed by atoms with Crippen molar-refractivity contribution in [1.82, 2.24) is 0 Å². The van der Waals surface area contributed by atoms with Crippen molar-refractivity contribution < 1.29 is 13.9 Å². The zero-order valence-corrected chi connectivity index (χ0v) is 10.8. The summed E-state index contributed by atoms with van der Waals surface area (Å²) in [6.45, 7) is 3.81. The van der Waals surface area contributed by atoms with Gasteiger partial charge in [0.25, 0.3) is 5.91 Å². The summed E-state index contributed by atoms with van der Waals surface area (Å²) in [6.07, 6.45) is 1.51. The van der Waals surface area contributed by atoms with E-state index in [4.69, 9.17) is 4.74 Å². The van der Waals surface area contributed by atoms with Gasteiger partial charge in [0, 0.05) is 12.0 Å². The highest BCUT2D eigenvalue weighted by molar-refractivity contribution is 6.01. The number of carbonyl (C=O) groups is 1. The number of halogens is 1. The first-order valence-electron chi connectivity index (χ1n) is 6.10. The summed E-state index contributed by atoms with van der Waals surface area (Å²) in [7, 11) is 0. The summed E-state index contributed by atoms with van der Waals surface area (Å²) in [6, 6.07) is 6.33. The number of aliphatic imine (C=N–C) groups is 1. The number of ether oxygens (including phenoxy) is 1. The first-order chi connectivity index (χ1) is 8.71. The minimum atomic E-state index is -0.530. The molecule has 0 saturated heterocycles. The first kappa shape index (κ1) is 14.4. The van der Waals surface area contributed by atoms with Gasteiger partial charge in [0.05, 0.1) is 6.61 Å². The van der Waals surface area contributed by atoms with Crippen molar-refractivity contribution in [2.24, 2.45) is 4.99 Å². The van der Waals surface area contributed by atoms with Crippen molar-refractivity contribution in [2.75, 3.05) is 6.61 Å². The molecule has 18 heavy (non-hydrogen) atoms. The molecule has 98 valence electrons. The van der Waals surface area contributed by atoms with Crippen molar-refractivity contribution in [1.29, 1.82) is 0 Å². The van der Waals surface area contributed by atoms with Gasteiger partial charge < -0.3 is 4.74 Å². The average Bonchev–Trinajstić information content (AvgIpc) is 2.39. The molecule has 1 aromatic rings. The van der Waals surface area contributed by atoms with E-state index in [1.807, 2.05) is 13.8 Å². The lowest BCUT2D eigenvalue weighted by atomic mass is 10.1. The lowest BCUT2D eigenvalue weighted by Gasteiger charge is -2.05. The van der Waals surface area contributed by atoms with E-state index in [-0.39, 0.29) is 5.91 Å². The smallest absolute Gasteiger partial charge is 0.279 e. The molecule has 0 unspecified atom stereocenters. The van der Waals surface area contributed by atoms with Gasteiger partial charge in [-0.15, -0.1) is 0 Å². The molecule has 0 radical (unpaired) electrons. The Bertz CT molecular complexity index is 404. The van der Waals surface area contributed by atoms with Crippen molar-refractivity contribution >= 4 is 11.8 Å². The van der Waals surface area contributed by atoms with Crippen LogP contribution in [0.5, 0.6) is 0 Å². The van der Waals surface area contributed by atoms with Crippen molar-refractivity contribution in [3.05, 3.63) is 35.4 Å². The van der Waals surface area contributed by atoms with E-state index >= 15 is 0 Å². The average molecular weight is 251 g/mol. The molecule has 1 aromatic carbocycles. The molecule has 0 fully saturated rings. The summed E-state index contributed by atoms with van der Waals surface area (Å²) < 4.78 is 17.6. The molecule has 3 nitrogen and oxygen atoms in total. The maximum absolute atomic E-state index is 12.3. The molecule has 0 atom stereocenters. The van der Waals surface area contributed by atoms with Crippen LogP contribution in [0.15, 0.2) is 29.3 Å². The van der Waals surface area contributed by atoms with Crippen LogP contribution in [0.2, 0.25) is 0 Å². The third kappa shape index (κ3) is 4.28. The Morgan fingerprint density at radius 2 is 1.94 bits per heavy atom. The number of alkyl halides is 1. The summed E-state index contributed by atoms with van der Waals surface area (Å²) in [5.74, 6) is 0.108. The molecule has 0 bridgehead atoms. The van der Waals surface area contributed by atoms with E-state index in [1.54, 1.807) is 24.3 Å². The van der Waals surface area contributed by atoms with E-state index in [0.29, 0.717) is 30.1 Å². The van der Waals surface area contributed by atoms with Gasteiger partial charge in [0.1, 0.15) is 6.67 Å². The van der Waals surface area contributed by atoms with Crippen LogP contribution in [0.25, 0.3) is 0 Å². The molecule has 4 heteroatoms. The summed E-state index contributed by atoms with van der Waals surface area (Å²) in [4.78, 5) is 15.8. The fourth-order valence-electron chi connectivity index (χ4n) is 1.46. The van der Waals surface area contributed by atoms with Crippen molar-refractivity contribution in [2.45, 2.75) is 33.4 Å². The van der Waals surface area contributed by atoms with Crippen molar-refractivity contribution in [3.8, 4) is 0 Å². The number of hydrogen-bond acceptors (Lipinski definition) is 2. The van der Waals surface area contributed by atoms with Gasteiger partial charge in [-0.25, -0.2) is 4.39 Å². The van der Waals surface area contributed by atoms with Gasteiger partial charge in [0.2, 0.25) is 0 Å². The largest absolute Gasteiger partial charge is 0.481 e. The molecular formula is C14H18FNO2. The van der Waals surface area contributed by atoms with Crippen LogP contribution in [-0.2, 0) is 11.4 Å². The Kier molecular flexibility index (Phi) is 6.05. The minimum Gasteiger partial charge on any atom is -0.481 e. The number of rotatable bonds is 5.